The van der Waals surface area contributed by atoms with Crippen molar-refractivity contribution in [1.82, 2.24) is 15.6 Å². The summed E-state index contributed by atoms with van der Waals surface area (Å²) in [6, 6.07) is 10.3. The van der Waals surface area contributed by atoms with Gasteiger partial charge >= 0.3 is 0 Å². The van der Waals surface area contributed by atoms with E-state index in [-0.39, 0.29) is 0 Å². The normalized spacial score (nSPS) is 11.3. The van der Waals surface area contributed by atoms with Crippen molar-refractivity contribution in [2.24, 2.45) is 4.99 Å². The Hall–Kier alpha value is -2.08. The molecule has 6 heteroatoms. The smallest absolute Gasteiger partial charge is 0.190 e. The van der Waals surface area contributed by atoms with Gasteiger partial charge in [0, 0.05) is 44.2 Å². The van der Waals surface area contributed by atoms with Crippen molar-refractivity contribution < 1.29 is 0 Å². The number of para-hydroxylation sites is 1. The summed E-state index contributed by atoms with van der Waals surface area (Å²) in [7, 11) is 1.80. The van der Waals surface area contributed by atoms with Gasteiger partial charge in [0.1, 0.15) is 0 Å². The molecule has 0 saturated carbocycles. The number of hydrogen-bond acceptors (Lipinski definition) is 4. The third-order valence-corrected chi connectivity index (χ3v) is 4.14. The van der Waals surface area contributed by atoms with Crippen LogP contribution in [-0.4, -0.2) is 37.6 Å². The van der Waals surface area contributed by atoms with Crippen LogP contribution in [0.2, 0.25) is 0 Å². The number of thiazole rings is 1. The zero-order chi connectivity index (χ0) is 16.3. The fourth-order valence-corrected chi connectivity index (χ4v) is 2.78. The molecule has 0 atom stereocenters. The van der Waals surface area contributed by atoms with Crippen LogP contribution in [0.4, 0.5) is 5.69 Å². The van der Waals surface area contributed by atoms with Crippen LogP contribution in [0.1, 0.15) is 17.1 Å². The van der Waals surface area contributed by atoms with E-state index in [1.54, 1.807) is 18.4 Å². The maximum atomic E-state index is 4.46. The van der Waals surface area contributed by atoms with E-state index in [0.29, 0.717) is 0 Å². The Balaban J connectivity index is 1.56. The molecule has 0 aliphatic heterocycles. The van der Waals surface area contributed by atoms with Gasteiger partial charge < -0.3 is 16.0 Å². The monoisotopic (exact) mass is 331 g/mol. The summed E-state index contributed by atoms with van der Waals surface area (Å²) in [6.45, 7) is 4.69. The molecule has 1 aromatic heterocycles. The van der Waals surface area contributed by atoms with E-state index < -0.39 is 0 Å². The molecule has 3 N–H and O–H groups in total. The lowest BCUT2D eigenvalue weighted by molar-refractivity contribution is 0.754. The highest BCUT2D eigenvalue weighted by molar-refractivity contribution is 7.09. The molecule has 5 nitrogen and oxygen atoms in total. The summed E-state index contributed by atoms with van der Waals surface area (Å²) in [5.41, 5.74) is 2.30. The molecule has 0 aliphatic carbocycles. The van der Waals surface area contributed by atoms with E-state index in [9.17, 15) is 0 Å². The average molecular weight is 331 g/mol. The lowest BCUT2D eigenvalue weighted by Gasteiger charge is -2.12. The molecule has 2 rings (SSSR count). The fourth-order valence-electron chi connectivity index (χ4n) is 2.14. The Morgan fingerprint density at radius 2 is 1.91 bits per heavy atom. The first-order valence-electron chi connectivity index (χ1n) is 7.92. The van der Waals surface area contributed by atoms with E-state index >= 15 is 0 Å². The Labute approximate surface area is 142 Å². The minimum absolute atomic E-state index is 0.838. The van der Waals surface area contributed by atoms with Crippen LogP contribution < -0.4 is 16.0 Å². The van der Waals surface area contributed by atoms with Crippen molar-refractivity contribution in [3.8, 4) is 0 Å². The molecule has 0 spiro atoms. The Morgan fingerprint density at radius 3 is 2.61 bits per heavy atom. The van der Waals surface area contributed by atoms with Gasteiger partial charge in [-0.3, -0.25) is 4.99 Å². The standard InChI is InChI=1S/C17H25N5S/c1-14-22-16(13-23-14)9-12-21-17(18-2)20-11-6-10-19-15-7-4-3-5-8-15/h3-5,7-8,13,19H,6,9-12H2,1-2H3,(H2,18,20,21). The summed E-state index contributed by atoms with van der Waals surface area (Å²) in [4.78, 5) is 8.70. The van der Waals surface area contributed by atoms with Crippen LogP contribution in [0.25, 0.3) is 0 Å². The van der Waals surface area contributed by atoms with Crippen molar-refractivity contribution in [2.75, 3.05) is 32.0 Å². The molecule has 23 heavy (non-hydrogen) atoms. The van der Waals surface area contributed by atoms with Crippen LogP contribution in [0.5, 0.6) is 0 Å². The minimum atomic E-state index is 0.838. The van der Waals surface area contributed by atoms with Crippen LogP contribution in [-0.2, 0) is 6.42 Å². The second-order valence-electron chi connectivity index (χ2n) is 5.18. The van der Waals surface area contributed by atoms with Crippen molar-refractivity contribution >= 4 is 23.0 Å². The minimum Gasteiger partial charge on any atom is -0.385 e. The number of guanidine groups is 1. The molecule has 0 aliphatic rings. The van der Waals surface area contributed by atoms with E-state index in [1.165, 1.54) is 0 Å². The van der Waals surface area contributed by atoms with Gasteiger partial charge in [-0.2, -0.15) is 0 Å². The van der Waals surface area contributed by atoms with Gasteiger partial charge in [-0.15, -0.1) is 11.3 Å². The Bertz CT molecular complexity index is 594. The third kappa shape index (κ3) is 6.69. The van der Waals surface area contributed by atoms with Gasteiger partial charge in [0.25, 0.3) is 0 Å². The third-order valence-electron chi connectivity index (χ3n) is 3.31. The average Bonchev–Trinajstić information content (AvgIpc) is 2.99. The molecular weight excluding hydrogens is 306 g/mol. The SMILES string of the molecule is CN=C(NCCCNc1ccccc1)NCCc1csc(C)n1. The summed E-state index contributed by atoms with van der Waals surface area (Å²) < 4.78 is 0. The summed E-state index contributed by atoms with van der Waals surface area (Å²) in [5.74, 6) is 0.844. The number of aryl methyl sites for hydroxylation is 1. The second-order valence-corrected chi connectivity index (χ2v) is 6.24. The highest BCUT2D eigenvalue weighted by atomic mass is 32.1. The van der Waals surface area contributed by atoms with Gasteiger partial charge in [-0.25, -0.2) is 4.98 Å². The molecule has 2 aromatic rings. The quantitative estimate of drug-likeness (QED) is 0.395. The molecule has 124 valence electrons. The molecule has 0 unspecified atom stereocenters. The number of aromatic nitrogens is 1. The highest BCUT2D eigenvalue weighted by Gasteiger charge is 2.00. The van der Waals surface area contributed by atoms with Crippen LogP contribution >= 0.6 is 11.3 Å². The first kappa shape index (κ1) is 17.3. The lowest BCUT2D eigenvalue weighted by atomic mass is 10.3. The van der Waals surface area contributed by atoms with E-state index in [2.05, 4.69) is 43.4 Å². The van der Waals surface area contributed by atoms with E-state index in [4.69, 9.17) is 0 Å². The van der Waals surface area contributed by atoms with E-state index in [1.807, 2.05) is 25.1 Å². The van der Waals surface area contributed by atoms with Crippen molar-refractivity contribution in [3.05, 3.63) is 46.4 Å². The van der Waals surface area contributed by atoms with E-state index in [0.717, 1.165) is 54.8 Å². The van der Waals surface area contributed by atoms with Gasteiger partial charge in [-0.1, -0.05) is 18.2 Å². The maximum absolute atomic E-state index is 4.46. The predicted octanol–water partition coefficient (Wildman–Crippen LogP) is 2.66. The summed E-state index contributed by atoms with van der Waals surface area (Å²) in [6.07, 6.45) is 1.95. The van der Waals surface area contributed by atoms with Crippen molar-refractivity contribution in [1.29, 1.82) is 0 Å². The molecule has 0 radical (unpaired) electrons. The molecular formula is C17H25N5S. The van der Waals surface area contributed by atoms with Gasteiger partial charge in [0.05, 0.1) is 10.7 Å². The summed E-state index contributed by atoms with van der Waals surface area (Å²) >= 11 is 1.69. The molecule has 0 amide bonds. The number of aliphatic imine (C=N–C) groups is 1. The number of hydrogen-bond donors (Lipinski definition) is 3. The Kier molecular flexibility index (Phi) is 7.39. The van der Waals surface area contributed by atoms with Crippen LogP contribution in [0, 0.1) is 6.92 Å². The zero-order valence-corrected chi connectivity index (χ0v) is 14.6. The Morgan fingerprint density at radius 1 is 1.13 bits per heavy atom. The second kappa shape index (κ2) is 9.84. The highest BCUT2D eigenvalue weighted by Crippen LogP contribution is 2.07. The number of nitrogens with zero attached hydrogens (tertiary/aromatic N) is 2. The first-order valence-corrected chi connectivity index (χ1v) is 8.80. The molecule has 0 bridgehead atoms. The van der Waals surface area contributed by atoms with Crippen molar-refractivity contribution in [2.45, 2.75) is 19.8 Å². The predicted molar refractivity (Wildman–Crippen MR) is 99.5 cm³/mol. The molecule has 0 saturated heterocycles. The summed E-state index contributed by atoms with van der Waals surface area (Å²) in [5, 5.41) is 13.3. The van der Waals surface area contributed by atoms with Crippen molar-refractivity contribution in [3.63, 3.8) is 0 Å². The van der Waals surface area contributed by atoms with Gasteiger partial charge in [0.15, 0.2) is 5.96 Å². The molecule has 1 heterocycles. The zero-order valence-electron chi connectivity index (χ0n) is 13.8. The molecule has 0 fully saturated rings. The maximum Gasteiger partial charge on any atom is 0.190 e. The number of nitrogens with one attached hydrogen (secondary N) is 3. The number of rotatable bonds is 8. The first-order chi connectivity index (χ1) is 11.3. The lowest BCUT2D eigenvalue weighted by Crippen LogP contribution is -2.39. The number of anilines is 1. The van der Waals surface area contributed by atoms with Gasteiger partial charge in [0.2, 0.25) is 0 Å². The topological polar surface area (TPSA) is 61.3 Å². The largest absolute Gasteiger partial charge is 0.385 e. The van der Waals surface area contributed by atoms with Crippen LogP contribution in [0.3, 0.4) is 0 Å². The van der Waals surface area contributed by atoms with Crippen LogP contribution in [0.15, 0.2) is 40.7 Å². The molecule has 1 aromatic carbocycles. The van der Waals surface area contributed by atoms with Gasteiger partial charge in [-0.05, 0) is 25.5 Å². The fraction of sp³-hybridized carbons (Fsp3) is 0.412. The number of benzene rings is 1.